The van der Waals surface area contributed by atoms with Gasteiger partial charge in [-0.1, -0.05) is 13.8 Å². The van der Waals surface area contributed by atoms with Crippen molar-refractivity contribution in [1.29, 1.82) is 0 Å². The van der Waals surface area contributed by atoms with E-state index in [4.69, 9.17) is 4.74 Å². The molecule has 3 nitrogen and oxygen atoms in total. The van der Waals surface area contributed by atoms with Gasteiger partial charge in [-0.25, -0.2) is 0 Å². The van der Waals surface area contributed by atoms with Gasteiger partial charge in [0.1, 0.15) is 0 Å². The first-order chi connectivity index (χ1) is 7.98. The Morgan fingerprint density at radius 1 is 1.35 bits per heavy atom. The second kappa shape index (κ2) is 5.25. The van der Waals surface area contributed by atoms with Crippen LogP contribution in [0.5, 0.6) is 0 Å². The van der Waals surface area contributed by atoms with Gasteiger partial charge in [0, 0.05) is 38.3 Å². The Hall–Kier alpha value is -0.120. The number of piperazine rings is 1. The number of hydrogen-bond acceptors (Lipinski definition) is 3. The van der Waals surface area contributed by atoms with Crippen LogP contribution in [0.25, 0.3) is 0 Å². The summed E-state index contributed by atoms with van der Waals surface area (Å²) < 4.78 is 5.82. The first-order valence-electron chi connectivity index (χ1n) is 7.09. The lowest BCUT2D eigenvalue weighted by Crippen LogP contribution is -2.57. The van der Waals surface area contributed by atoms with Crippen LogP contribution in [0.3, 0.4) is 0 Å². The molecule has 0 bridgehead atoms. The van der Waals surface area contributed by atoms with E-state index in [-0.39, 0.29) is 5.60 Å². The fourth-order valence-corrected chi connectivity index (χ4v) is 3.09. The van der Waals surface area contributed by atoms with Crippen LogP contribution in [-0.2, 0) is 4.74 Å². The molecule has 2 fully saturated rings. The molecule has 0 aliphatic carbocycles. The van der Waals surface area contributed by atoms with Crippen LogP contribution >= 0.6 is 0 Å². The van der Waals surface area contributed by atoms with Gasteiger partial charge in [-0.15, -0.1) is 0 Å². The molecule has 1 N–H and O–H groups in total. The zero-order valence-electron chi connectivity index (χ0n) is 11.8. The molecular weight excluding hydrogens is 212 g/mol. The summed E-state index contributed by atoms with van der Waals surface area (Å²) in [7, 11) is 0. The summed E-state index contributed by atoms with van der Waals surface area (Å²) >= 11 is 0. The van der Waals surface area contributed by atoms with Gasteiger partial charge < -0.3 is 10.1 Å². The molecule has 100 valence electrons. The van der Waals surface area contributed by atoms with Crippen LogP contribution in [0.1, 0.15) is 40.5 Å². The first-order valence-corrected chi connectivity index (χ1v) is 7.09. The van der Waals surface area contributed by atoms with Gasteiger partial charge in [-0.05, 0) is 32.6 Å². The minimum absolute atomic E-state index is 0.0706. The maximum atomic E-state index is 5.82. The summed E-state index contributed by atoms with van der Waals surface area (Å²) in [5.41, 5.74) is 0.0706. The van der Waals surface area contributed by atoms with Gasteiger partial charge in [0.15, 0.2) is 0 Å². The fraction of sp³-hybridized carbons (Fsp3) is 1.00. The molecule has 0 spiro atoms. The third-order valence-electron chi connectivity index (χ3n) is 4.23. The zero-order chi connectivity index (χ0) is 12.5. The van der Waals surface area contributed by atoms with Crippen molar-refractivity contribution in [3.8, 4) is 0 Å². The highest BCUT2D eigenvalue weighted by atomic mass is 16.5. The lowest BCUT2D eigenvalue weighted by molar-refractivity contribution is -0.0869. The molecule has 2 unspecified atom stereocenters. The maximum absolute atomic E-state index is 5.82. The van der Waals surface area contributed by atoms with Gasteiger partial charge in [-0.2, -0.15) is 0 Å². The van der Waals surface area contributed by atoms with Crippen LogP contribution < -0.4 is 5.32 Å². The summed E-state index contributed by atoms with van der Waals surface area (Å²) in [4.78, 5) is 2.69. The van der Waals surface area contributed by atoms with Crippen LogP contribution in [0.4, 0.5) is 0 Å². The number of rotatable bonds is 2. The number of hydrogen-bond donors (Lipinski definition) is 1. The molecule has 2 atom stereocenters. The van der Waals surface area contributed by atoms with Gasteiger partial charge in [0.2, 0.25) is 0 Å². The van der Waals surface area contributed by atoms with Crippen molar-refractivity contribution in [1.82, 2.24) is 10.2 Å². The highest BCUT2D eigenvalue weighted by Crippen LogP contribution is 2.28. The van der Waals surface area contributed by atoms with Crippen molar-refractivity contribution in [3.05, 3.63) is 0 Å². The molecule has 0 aromatic heterocycles. The van der Waals surface area contributed by atoms with E-state index in [2.05, 4.69) is 37.9 Å². The Morgan fingerprint density at radius 3 is 2.76 bits per heavy atom. The SMILES string of the molecule is CC(C)C1CN(C2CCOC(C)(C)C2)CCN1. The van der Waals surface area contributed by atoms with Crippen molar-refractivity contribution in [2.24, 2.45) is 5.92 Å². The van der Waals surface area contributed by atoms with Crippen LogP contribution in [-0.4, -0.2) is 48.8 Å². The molecule has 2 rings (SSSR count). The average Bonchev–Trinajstić information content (AvgIpc) is 2.28. The molecule has 0 saturated carbocycles. The molecule has 2 heterocycles. The normalized spacial score (nSPS) is 35.1. The Kier molecular flexibility index (Phi) is 4.11. The summed E-state index contributed by atoms with van der Waals surface area (Å²) in [5, 5.41) is 3.64. The molecule has 0 aromatic carbocycles. The third kappa shape index (κ3) is 3.43. The summed E-state index contributed by atoms with van der Waals surface area (Å²) in [6.07, 6.45) is 2.38. The quantitative estimate of drug-likeness (QED) is 0.797. The maximum Gasteiger partial charge on any atom is 0.0641 e. The van der Waals surface area contributed by atoms with Gasteiger partial charge in [0.05, 0.1) is 5.60 Å². The molecule has 0 aromatic rings. The molecule has 2 saturated heterocycles. The van der Waals surface area contributed by atoms with Crippen molar-refractivity contribution in [2.75, 3.05) is 26.2 Å². The monoisotopic (exact) mass is 240 g/mol. The predicted molar refractivity (Wildman–Crippen MR) is 71.3 cm³/mol. The number of ether oxygens (including phenoxy) is 1. The van der Waals surface area contributed by atoms with Crippen molar-refractivity contribution >= 4 is 0 Å². The number of nitrogens with zero attached hydrogens (tertiary/aromatic N) is 1. The molecule has 3 heteroatoms. The summed E-state index contributed by atoms with van der Waals surface area (Å²) in [6, 6.07) is 1.39. The van der Waals surface area contributed by atoms with Crippen LogP contribution in [0.2, 0.25) is 0 Å². The van der Waals surface area contributed by atoms with Crippen molar-refractivity contribution < 1.29 is 4.74 Å². The topological polar surface area (TPSA) is 24.5 Å². The molecular formula is C14H28N2O. The molecule has 17 heavy (non-hydrogen) atoms. The average molecular weight is 240 g/mol. The molecule has 0 amide bonds. The van der Waals surface area contributed by atoms with E-state index in [9.17, 15) is 0 Å². The lowest BCUT2D eigenvalue weighted by atomic mass is 9.91. The summed E-state index contributed by atoms with van der Waals surface area (Å²) in [5.74, 6) is 0.727. The fourth-order valence-electron chi connectivity index (χ4n) is 3.09. The van der Waals surface area contributed by atoms with E-state index in [0.29, 0.717) is 6.04 Å². The Bertz CT molecular complexity index is 253. The van der Waals surface area contributed by atoms with E-state index in [0.717, 1.165) is 25.1 Å². The van der Waals surface area contributed by atoms with Crippen LogP contribution in [0, 0.1) is 5.92 Å². The van der Waals surface area contributed by atoms with Crippen molar-refractivity contribution in [2.45, 2.75) is 58.2 Å². The Balaban J connectivity index is 1.92. The van der Waals surface area contributed by atoms with E-state index in [1.807, 2.05) is 0 Å². The number of nitrogens with one attached hydrogen (secondary N) is 1. The van der Waals surface area contributed by atoms with Gasteiger partial charge in [0.25, 0.3) is 0 Å². The highest BCUT2D eigenvalue weighted by Gasteiger charge is 2.34. The van der Waals surface area contributed by atoms with Gasteiger partial charge >= 0.3 is 0 Å². The zero-order valence-corrected chi connectivity index (χ0v) is 11.8. The molecule has 2 aliphatic heterocycles. The first kappa shape index (κ1) is 13.3. The van der Waals surface area contributed by atoms with E-state index < -0.39 is 0 Å². The minimum Gasteiger partial charge on any atom is -0.375 e. The standard InChI is InChI=1S/C14H28N2O/c1-11(2)13-10-16(7-6-15-13)12-5-8-17-14(3,4)9-12/h11-13,15H,5-10H2,1-4H3. The Morgan fingerprint density at radius 2 is 2.12 bits per heavy atom. The highest BCUT2D eigenvalue weighted by molar-refractivity contribution is 4.89. The summed E-state index contributed by atoms with van der Waals surface area (Å²) in [6.45, 7) is 13.5. The van der Waals surface area contributed by atoms with Gasteiger partial charge in [-0.3, -0.25) is 4.90 Å². The Labute approximate surface area is 106 Å². The third-order valence-corrected chi connectivity index (χ3v) is 4.23. The second-order valence-corrected chi connectivity index (χ2v) is 6.55. The molecule has 0 radical (unpaired) electrons. The molecule has 2 aliphatic rings. The lowest BCUT2D eigenvalue weighted by Gasteiger charge is -2.45. The van der Waals surface area contributed by atoms with Crippen LogP contribution in [0.15, 0.2) is 0 Å². The predicted octanol–water partition coefficient (Wildman–Crippen LogP) is 1.87. The second-order valence-electron chi connectivity index (χ2n) is 6.55. The minimum atomic E-state index is 0.0706. The van der Waals surface area contributed by atoms with E-state index in [1.54, 1.807) is 0 Å². The smallest absolute Gasteiger partial charge is 0.0641 e. The van der Waals surface area contributed by atoms with E-state index >= 15 is 0 Å². The largest absolute Gasteiger partial charge is 0.375 e. The van der Waals surface area contributed by atoms with E-state index in [1.165, 1.54) is 25.9 Å². The van der Waals surface area contributed by atoms with Crippen molar-refractivity contribution in [3.63, 3.8) is 0 Å².